The highest BCUT2D eigenvalue weighted by atomic mass is 16.7. The molecular formula is C28H36N4O6. The van der Waals surface area contributed by atoms with Crippen LogP contribution in [0.1, 0.15) is 64.0 Å². The monoisotopic (exact) mass is 524 g/mol. The van der Waals surface area contributed by atoms with Crippen LogP contribution in [0.3, 0.4) is 0 Å². The van der Waals surface area contributed by atoms with E-state index in [1.165, 1.54) is 23.1 Å². The highest BCUT2D eigenvalue weighted by Gasteiger charge is 2.36. The van der Waals surface area contributed by atoms with Crippen molar-refractivity contribution in [2.75, 3.05) is 19.9 Å². The van der Waals surface area contributed by atoms with Crippen LogP contribution in [-0.2, 0) is 35.1 Å². The lowest BCUT2D eigenvalue weighted by molar-refractivity contribution is -0.178. The van der Waals surface area contributed by atoms with Crippen LogP contribution in [0.15, 0.2) is 49.1 Å². The van der Waals surface area contributed by atoms with Gasteiger partial charge in [-0.05, 0) is 75.8 Å². The van der Waals surface area contributed by atoms with E-state index in [0.29, 0.717) is 18.5 Å². The molecule has 0 spiro atoms. The third-order valence-corrected chi connectivity index (χ3v) is 6.44. The van der Waals surface area contributed by atoms with Crippen LogP contribution >= 0.6 is 0 Å². The largest absolute Gasteiger partial charge is 0.427 e. The molecule has 1 saturated heterocycles. The first-order valence-electron chi connectivity index (χ1n) is 12.8. The minimum absolute atomic E-state index is 0.115. The van der Waals surface area contributed by atoms with Crippen LogP contribution in [0.2, 0.25) is 0 Å². The zero-order valence-corrected chi connectivity index (χ0v) is 22.5. The lowest BCUT2D eigenvalue weighted by Crippen LogP contribution is -2.55. The highest BCUT2D eigenvalue weighted by molar-refractivity contribution is 5.84. The maximum absolute atomic E-state index is 13.5. The van der Waals surface area contributed by atoms with E-state index < -0.39 is 30.1 Å². The van der Waals surface area contributed by atoms with E-state index in [1.807, 2.05) is 12.1 Å². The molecule has 0 N–H and O–H groups in total. The normalized spacial score (nSPS) is 16.5. The molecule has 10 heteroatoms. The number of esters is 2. The van der Waals surface area contributed by atoms with Crippen LogP contribution < -0.4 is 0 Å². The van der Waals surface area contributed by atoms with Gasteiger partial charge in [-0.15, -0.1) is 0 Å². The predicted octanol–water partition coefficient (Wildman–Crippen LogP) is 3.29. The molecule has 1 unspecified atom stereocenters. The van der Waals surface area contributed by atoms with Gasteiger partial charge in [-0.1, -0.05) is 6.07 Å². The summed E-state index contributed by atoms with van der Waals surface area (Å²) in [6.45, 7) is 6.16. The number of nitrogens with zero attached hydrogens (tertiary/aromatic N) is 4. The number of hydrazine groups is 1. The average Bonchev–Trinajstić information content (AvgIpc) is 2.89. The number of ether oxygens (including phenoxy) is 2. The molecule has 10 nitrogen and oxygen atoms in total. The maximum Gasteiger partial charge on any atom is 0.318 e. The van der Waals surface area contributed by atoms with Crippen LogP contribution in [0.5, 0.6) is 0 Å². The zero-order valence-electron chi connectivity index (χ0n) is 22.5. The molecule has 0 aliphatic carbocycles. The summed E-state index contributed by atoms with van der Waals surface area (Å²) < 4.78 is 10.4. The van der Waals surface area contributed by atoms with Gasteiger partial charge in [0, 0.05) is 44.2 Å². The van der Waals surface area contributed by atoms with Gasteiger partial charge < -0.3 is 9.47 Å². The number of piperidine rings is 1. The van der Waals surface area contributed by atoms with Crippen molar-refractivity contribution in [1.29, 1.82) is 0 Å². The molecule has 204 valence electrons. The molecule has 0 aromatic carbocycles. The van der Waals surface area contributed by atoms with Crippen molar-refractivity contribution in [2.24, 2.45) is 11.3 Å². The molecule has 2 amide bonds. The second-order valence-corrected chi connectivity index (χ2v) is 10.4. The molecule has 0 radical (unpaired) electrons. The van der Waals surface area contributed by atoms with Crippen molar-refractivity contribution in [3.05, 3.63) is 60.2 Å². The number of carbonyl (C=O) groups excluding carboxylic acids is 4. The third-order valence-electron chi connectivity index (χ3n) is 6.44. The van der Waals surface area contributed by atoms with E-state index in [0.717, 1.165) is 24.8 Å². The Labute approximate surface area is 223 Å². The van der Waals surface area contributed by atoms with Crippen molar-refractivity contribution in [2.45, 2.75) is 59.3 Å². The van der Waals surface area contributed by atoms with Gasteiger partial charge >= 0.3 is 11.9 Å². The molecule has 1 fully saturated rings. The number of rotatable bonds is 10. The van der Waals surface area contributed by atoms with E-state index >= 15 is 0 Å². The van der Waals surface area contributed by atoms with E-state index in [9.17, 15) is 19.2 Å². The fourth-order valence-corrected chi connectivity index (χ4v) is 4.26. The summed E-state index contributed by atoms with van der Waals surface area (Å²) in [5.74, 6) is -2.88. The van der Waals surface area contributed by atoms with Gasteiger partial charge in [-0.3, -0.25) is 39.2 Å². The summed E-state index contributed by atoms with van der Waals surface area (Å²) in [4.78, 5) is 59.5. The van der Waals surface area contributed by atoms with Gasteiger partial charge in [0.2, 0.25) is 18.6 Å². The number of hydrogen-bond donors (Lipinski definition) is 0. The van der Waals surface area contributed by atoms with Gasteiger partial charge in [0.15, 0.2) is 0 Å². The number of pyridine rings is 2. The van der Waals surface area contributed by atoms with Crippen molar-refractivity contribution >= 4 is 23.8 Å². The fraction of sp³-hybridized carbons (Fsp3) is 0.500. The maximum atomic E-state index is 13.5. The van der Waals surface area contributed by atoms with Crippen molar-refractivity contribution in [1.82, 2.24) is 20.0 Å². The first-order valence-corrected chi connectivity index (χ1v) is 12.8. The Morgan fingerprint density at radius 2 is 1.84 bits per heavy atom. The molecule has 1 aliphatic rings. The van der Waals surface area contributed by atoms with E-state index in [4.69, 9.17) is 9.47 Å². The van der Waals surface area contributed by atoms with Gasteiger partial charge in [0.1, 0.15) is 5.92 Å². The van der Waals surface area contributed by atoms with Gasteiger partial charge in [0.25, 0.3) is 0 Å². The van der Waals surface area contributed by atoms with Crippen molar-refractivity contribution < 1.29 is 28.7 Å². The van der Waals surface area contributed by atoms with E-state index in [2.05, 4.69) is 9.97 Å². The average molecular weight is 525 g/mol. The summed E-state index contributed by atoms with van der Waals surface area (Å²) >= 11 is 0. The first kappa shape index (κ1) is 28.7. The van der Waals surface area contributed by atoms with E-state index in [-0.39, 0.29) is 24.3 Å². The van der Waals surface area contributed by atoms with Crippen LogP contribution in [-0.4, -0.2) is 63.6 Å². The van der Waals surface area contributed by atoms with Gasteiger partial charge in [-0.2, -0.15) is 0 Å². The molecule has 2 aromatic heterocycles. The molecule has 0 saturated carbocycles. The summed E-state index contributed by atoms with van der Waals surface area (Å²) in [6, 6.07) is 7.23. The Kier molecular flexibility index (Phi) is 9.92. The number of carbonyl (C=O) groups is 4. The minimum atomic E-state index is -0.939. The Bertz CT molecular complexity index is 1100. The zero-order chi connectivity index (χ0) is 27.7. The molecule has 2 atom stereocenters. The Balaban J connectivity index is 1.73. The fourth-order valence-electron chi connectivity index (χ4n) is 4.26. The molecule has 1 aliphatic heterocycles. The lowest BCUT2D eigenvalue weighted by Gasteiger charge is -2.40. The topological polar surface area (TPSA) is 119 Å². The van der Waals surface area contributed by atoms with Crippen molar-refractivity contribution in [3.8, 4) is 0 Å². The first-order chi connectivity index (χ1) is 18.1. The Morgan fingerprint density at radius 1 is 1.11 bits per heavy atom. The van der Waals surface area contributed by atoms with Crippen LogP contribution in [0, 0.1) is 11.3 Å². The predicted molar refractivity (Wildman–Crippen MR) is 138 cm³/mol. The van der Waals surface area contributed by atoms with E-state index in [1.54, 1.807) is 51.5 Å². The van der Waals surface area contributed by atoms with Gasteiger partial charge in [0.05, 0.1) is 12.0 Å². The molecular weight excluding hydrogens is 488 g/mol. The third kappa shape index (κ3) is 7.84. The molecule has 3 rings (SSSR count). The Hall–Kier alpha value is -3.82. The second kappa shape index (κ2) is 13.1. The minimum Gasteiger partial charge on any atom is -0.427 e. The van der Waals surface area contributed by atoms with Crippen molar-refractivity contribution in [3.63, 3.8) is 0 Å². The molecule has 2 aromatic rings. The summed E-state index contributed by atoms with van der Waals surface area (Å²) in [5, 5.41) is 2.78. The quantitative estimate of drug-likeness (QED) is 0.343. The number of amides is 2. The Morgan fingerprint density at radius 3 is 2.47 bits per heavy atom. The molecule has 0 bridgehead atoms. The SMILES string of the molecule is CC(=O)N(CC(C(=O)OCOC(=O)C(C)(C)C)c1cccnc1)N1CCC[C@H](CCc2ccncc2)C1=O. The summed E-state index contributed by atoms with van der Waals surface area (Å²) in [5.41, 5.74) is 0.868. The second-order valence-electron chi connectivity index (χ2n) is 10.4. The smallest absolute Gasteiger partial charge is 0.318 e. The molecule has 3 heterocycles. The summed E-state index contributed by atoms with van der Waals surface area (Å²) in [6.07, 6.45) is 9.39. The van der Waals surface area contributed by atoms with Crippen LogP contribution in [0.25, 0.3) is 0 Å². The molecule has 38 heavy (non-hydrogen) atoms. The summed E-state index contributed by atoms with van der Waals surface area (Å²) in [7, 11) is 0. The number of aromatic nitrogens is 2. The lowest BCUT2D eigenvalue weighted by atomic mass is 9.91. The van der Waals surface area contributed by atoms with Crippen LogP contribution in [0.4, 0.5) is 0 Å². The number of hydrogen-bond acceptors (Lipinski definition) is 8. The standard InChI is InChI=1S/C28H36N4O6/c1-20(33)32(31-16-6-8-22(25(31)34)10-9-21-11-14-29-15-12-21)18-24(23-7-5-13-30-17-23)26(35)37-19-38-27(36)28(2,3)4/h5,7,11-15,17,22,24H,6,8-10,16,18-19H2,1-4H3/t22-,24?/m1/s1. The highest BCUT2D eigenvalue weighted by Crippen LogP contribution is 2.27. The van der Waals surface area contributed by atoms with Gasteiger partial charge in [-0.25, -0.2) is 0 Å². The number of aryl methyl sites for hydroxylation is 1.